The van der Waals surface area contributed by atoms with Crippen molar-refractivity contribution in [1.29, 1.82) is 0 Å². The van der Waals surface area contributed by atoms with Gasteiger partial charge < -0.3 is 9.64 Å². The summed E-state index contributed by atoms with van der Waals surface area (Å²) in [5.41, 5.74) is -0.447. The van der Waals surface area contributed by atoms with Crippen molar-refractivity contribution in [3.63, 3.8) is 0 Å². The van der Waals surface area contributed by atoms with Gasteiger partial charge >= 0.3 is 0 Å². The Morgan fingerprint density at radius 2 is 1.57 bits per heavy atom. The predicted molar refractivity (Wildman–Crippen MR) is 87.8 cm³/mol. The first-order chi connectivity index (χ1) is 10.7. The van der Waals surface area contributed by atoms with Crippen LogP contribution >= 0.6 is 0 Å². The van der Waals surface area contributed by atoms with Gasteiger partial charge in [0.2, 0.25) is 15.9 Å². The zero-order chi connectivity index (χ0) is 17.3. The second-order valence-corrected chi connectivity index (χ2v) is 8.56. The number of amides is 1. The molecule has 2 rings (SSSR count). The lowest BCUT2D eigenvalue weighted by Crippen LogP contribution is -2.52. The molecule has 0 unspecified atom stereocenters. The molecular formula is C16H24N2O4S. The van der Waals surface area contributed by atoms with Crippen LogP contribution in [0.5, 0.6) is 5.75 Å². The third-order valence-electron chi connectivity index (χ3n) is 3.86. The van der Waals surface area contributed by atoms with E-state index in [9.17, 15) is 13.2 Å². The first kappa shape index (κ1) is 17.7. The van der Waals surface area contributed by atoms with Crippen molar-refractivity contribution in [2.24, 2.45) is 5.41 Å². The minimum atomic E-state index is -3.53. The highest BCUT2D eigenvalue weighted by molar-refractivity contribution is 7.89. The molecule has 0 aliphatic carbocycles. The van der Waals surface area contributed by atoms with Gasteiger partial charge in [0.1, 0.15) is 5.75 Å². The van der Waals surface area contributed by atoms with Gasteiger partial charge in [-0.05, 0) is 24.3 Å². The van der Waals surface area contributed by atoms with E-state index >= 15 is 0 Å². The van der Waals surface area contributed by atoms with Gasteiger partial charge in [-0.25, -0.2) is 8.42 Å². The Balaban J connectivity index is 2.07. The summed E-state index contributed by atoms with van der Waals surface area (Å²) in [7, 11) is -2.00. The maximum atomic E-state index is 12.6. The fourth-order valence-corrected chi connectivity index (χ4v) is 3.92. The standard InChI is InChI=1S/C16H24N2O4S/c1-16(2,3)15(19)17-9-11-18(12-10-17)23(20,21)14-7-5-13(22-4)6-8-14/h5-8H,9-12H2,1-4H3. The summed E-state index contributed by atoms with van der Waals surface area (Å²) >= 11 is 0. The van der Waals surface area contributed by atoms with Crippen LogP contribution in [0.15, 0.2) is 29.2 Å². The Morgan fingerprint density at radius 3 is 2.00 bits per heavy atom. The maximum absolute atomic E-state index is 12.6. The van der Waals surface area contributed by atoms with E-state index in [1.807, 2.05) is 20.8 Å². The Kier molecular flexibility index (Phi) is 5.01. The van der Waals surface area contributed by atoms with Crippen molar-refractivity contribution in [2.45, 2.75) is 25.7 Å². The number of ether oxygens (including phenoxy) is 1. The molecular weight excluding hydrogens is 316 g/mol. The Bertz CT molecular complexity index is 654. The highest BCUT2D eigenvalue weighted by Crippen LogP contribution is 2.23. The van der Waals surface area contributed by atoms with Gasteiger partial charge in [-0.15, -0.1) is 0 Å². The molecule has 7 heteroatoms. The number of benzene rings is 1. The van der Waals surface area contributed by atoms with Gasteiger partial charge in [0.15, 0.2) is 0 Å². The van der Waals surface area contributed by atoms with Gasteiger partial charge in [-0.3, -0.25) is 4.79 Å². The fraction of sp³-hybridized carbons (Fsp3) is 0.562. The van der Waals surface area contributed by atoms with Crippen LogP contribution in [0.1, 0.15) is 20.8 Å². The number of sulfonamides is 1. The average molecular weight is 340 g/mol. The number of nitrogens with zero attached hydrogens (tertiary/aromatic N) is 2. The zero-order valence-electron chi connectivity index (χ0n) is 14.1. The van der Waals surface area contributed by atoms with Crippen LogP contribution in [-0.2, 0) is 14.8 Å². The number of hydrogen-bond acceptors (Lipinski definition) is 4. The molecule has 1 aliphatic heterocycles. The Labute approximate surface area is 138 Å². The van der Waals surface area contributed by atoms with Crippen LogP contribution in [-0.4, -0.2) is 56.8 Å². The van der Waals surface area contributed by atoms with Crippen molar-refractivity contribution < 1.29 is 17.9 Å². The lowest BCUT2D eigenvalue weighted by atomic mass is 9.94. The second kappa shape index (κ2) is 6.49. The molecule has 1 saturated heterocycles. The number of carbonyl (C=O) groups is 1. The van der Waals surface area contributed by atoms with Crippen molar-refractivity contribution in [3.05, 3.63) is 24.3 Å². The van der Waals surface area contributed by atoms with Gasteiger partial charge in [0.05, 0.1) is 12.0 Å². The first-order valence-corrected chi connectivity index (χ1v) is 9.04. The minimum absolute atomic E-state index is 0.0546. The van der Waals surface area contributed by atoms with Crippen LogP contribution in [0.4, 0.5) is 0 Å². The molecule has 1 amide bonds. The summed E-state index contributed by atoms with van der Waals surface area (Å²) < 4.78 is 31.8. The third kappa shape index (κ3) is 3.84. The van der Waals surface area contributed by atoms with Crippen molar-refractivity contribution in [3.8, 4) is 5.75 Å². The molecule has 23 heavy (non-hydrogen) atoms. The lowest BCUT2D eigenvalue weighted by molar-refractivity contribution is -0.140. The largest absolute Gasteiger partial charge is 0.497 e. The topological polar surface area (TPSA) is 66.9 Å². The van der Waals surface area contributed by atoms with Gasteiger partial charge in [-0.1, -0.05) is 20.8 Å². The van der Waals surface area contributed by atoms with Crippen LogP contribution in [0.2, 0.25) is 0 Å². The monoisotopic (exact) mass is 340 g/mol. The molecule has 0 aromatic heterocycles. The summed E-state index contributed by atoms with van der Waals surface area (Å²) in [5, 5.41) is 0. The second-order valence-electron chi connectivity index (χ2n) is 6.62. The molecule has 0 N–H and O–H groups in total. The number of hydrogen-bond donors (Lipinski definition) is 0. The third-order valence-corrected chi connectivity index (χ3v) is 5.78. The summed E-state index contributed by atoms with van der Waals surface area (Å²) in [6.45, 7) is 7.09. The smallest absolute Gasteiger partial charge is 0.243 e. The molecule has 0 bridgehead atoms. The molecule has 0 radical (unpaired) electrons. The quantitative estimate of drug-likeness (QED) is 0.838. The van der Waals surface area contributed by atoms with Crippen molar-refractivity contribution in [1.82, 2.24) is 9.21 Å². The number of methoxy groups -OCH3 is 1. The predicted octanol–water partition coefficient (Wildman–Crippen LogP) is 1.57. The molecule has 1 aromatic carbocycles. The summed E-state index contributed by atoms with van der Waals surface area (Å²) in [4.78, 5) is 14.2. The summed E-state index contributed by atoms with van der Waals surface area (Å²) in [5.74, 6) is 0.670. The molecule has 1 aliphatic rings. The lowest BCUT2D eigenvalue weighted by Gasteiger charge is -2.37. The van der Waals surface area contributed by atoms with Crippen LogP contribution < -0.4 is 4.74 Å². The molecule has 0 atom stereocenters. The zero-order valence-corrected chi connectivity index (χ0v) is 14.9. The van der Waals surface area contributed by atoms with E-state index in [-0.39, 0.29) is 10.8 Å². The van der Waals surface area contributed by atoms with E-state index in [2.05, 4.69) is 0 Å². The van der Waals surface area contributed by atoms with Crippen LogP contribution in [0.25, 0.3) is 0 Å². The van der Waals surface area contributed by atoms with E-state index in [1.165, 1.54) is 11.4 Å². The molecule has 1 fully saturated rings. The van der Waals surface area contributed by atoms with E-state index in [4.69, 9.17) is 4.74 Å². The molecule has 1 aromatic rings. The number of piperazine rings is 1. The van der Waals surface area contributed by atoms with Crippen LogP contribution in [0, 0.1) is 5.41 Å². The Morgan fingerprint density at radius 1 is 1.04 bits per heavy atom. The van der Waals surface area contributed by atoms with Crippen molar-refractivity contribution in [2.75, 3.05) is 33.3 Å². The van der Waals surface area contributed by atoms with Gasteiger partial charge in [0.25, 0.3) is 0 Å². The SMILES string of the molecule is COc1ccc(S(=O)(=O)N2CCN(C(=O)C(C)(C)C)CC2)cc1. The summed E-state index contributed by atoms with van der Waals surface area (Å²) in [6.07, 6.45) is 0. The van der Waals surface area contributed by atoms with Gasteiger partial charge in [0, 0.05) is 31.6 Å². The number of carbonyl (C=O) groups excluding carboxylic acids is 1. The minimum Gasteiger partial charge on any atom is -0.497 e. The van der Waals surface area contributed by atoms with Crippen LogP contribution in [0.3, 0.4) is 0 Å². The van der Waals surface area contributed by atoms with Crippen molar-refractivity contribution >= 4 is 15.9 Å². The van der Waals surface area contributed by atoms with E-state index in [1.54, 1.807) is 29.2 Å². The van der Waals surface area contributed by atoms with E-state index < -0.39 is 15.4 Å². The highest BCUT2D eigenvalue weighted by Gasteiger charge is 2.33. The first-order valence-electron chi connectivity index (χ1n) is 7.60. The maximum Gasteiger partial charge on any atom is 0.243 e. The molecule has 1 heterocycles. The molecule has 0 saturated carbocycles. The van der Waals surface area contributed by atoms with E-state index in [0.29, 0.717) is 31.9 Å². The fourth-order valence-electron chi connectivity index (χ4n) is 2.50. The number of rotatable bonds is 3. The van der Waals surface area contributed by atoms with E-state index in [0.717, 1.165) is 0 Å². The highest BCUT2D eigenvalue weighted by atomic mass is 32.2. The molecule has 128 valence electrons. The average Bonchev–Trinajstić information content (AvgIpc) is 2.53. The molecule has 0 spiro atoms. The Hall–Kier alpha value is -1.60. The normalized spacial score (nSPS) is 17.1. The molecule has 6 nitrogen and oxygen atoms in total. The summed E-state index contributed by atoms with van der Waals surface area (Å²) in [6, 6.07) is 6.35. The van der Waals surface area contributed by atoms with Gasteiger partial charge in [-0.2, -0.15) is 4.31 Å².